The van der Waals surface area contributed by atoms with E-state index in [1.807, 2.05) is 12.1 Å². The molecule has 1 fully saturated rings. The van der Waals surface area contributed by atoms with Crippen LogP contribution in [0.25, 0.3) is 5.69 Å². The minimum Gasteiger partial charge on any atom is -0.370 e. The van der Waals surface area contributed by atoms with Crippen molar-refractivity contribution in [1.82, 2.24) is 14.7 Å². The number of rotatable bonds is 2. The number of nitrogens with two attached hydrogens (primary N) is 1. The van der Waals surface area contributed by atoms with E-state index >= 15 is 0 Å². The zero-order valence-electron chi connectivity index (χ0n) is 15.5. The largest absolute Gasteiger partial charge is 0.370 e. The van der Waals surface area contributed by atoms with Gasteiger partial charge in [-0.2, -0.15) is 5.10 Å². The summed E-state index contributed by atoms with van der Waals surface area (Å²) in [6, 6.07) is 7.25. The molecule has 1 atom stereocenters. The van der Waals surface area contributed by atoms with Crippen molar-refractivity contribution in [2.24, 2.45) is 5.73 Å². The maximum Gasteiger partial charge on any atom is 0.269 e. The van der Waals surface area contributed by atoms with Crippen LogP contribution in [-0.4, -0.2) is 57.3 Å². The van der Waals surface area contributed by atoms with Crippen LogP contribution in [-0.2, 0) is 11.2 Å². The van der Waals surface area contributed by atoms with Crippen LogP contribution < -0.4 is 11.1 Å². The molecule has 0 radical (unpaired) electrons. The molecular weight excluding hydrogens is 358 g/mol. The number of anilines is 1. The molecule has 28 heavy (non-hydrogen) atoms. The highest BCUT2D eigenvalue weighted by molar-refractivity contribution is 5.94. The first-order valence-corrected chi connectivity index (χ1v) is 9.16. The molecule has 0 saturated carbocycles. The minimum absolute atomic E-state index is 0.271. The second-order valence-corrected chi connectivity index (χ2v) is 7.12. The molecule has 1 unspecified atom stereocenters. The Kier molecular flexibility index (Phi) is 4.32. The first-order chi connectivity index (χ1) is 13.4. The second-order valence-electron chi connectivity index (χ2n) is 7.12. The van der Waals surface area contributed by atoms with Crippen LogP contribution in [0.5, 0.6) is 0 Å². The molecular formula is C20H21N5O3. The van der Waals surface area contributed by atoms with Gasteiger partial charge in [-0.1, -0.05) is 17.9 Å². The number of nitrogens with one attached hydrogen (secondary N) is 1. The molecule has 0 bridgehead atoms. The summed E-state index contributed by atoms with van der Waals surface area (Å²) >= 11 is 0. The fourth-order valence-corrected chi connectivity index (χ4v) is 3.59. The van der Waals surface area contributed by atoms with Gasteiger partial charge in [0.1, 0.15) is 5.82 Å². The van der Waals surface area contributed by atoms with Gasteiger partial charge in [-0.25, -0.2) is 4.68 Å². The zero-order valence-corrected chi connectivity index (χ0v) is 15.5. The lowest BCUT2D eigenvalue weighted by atomic mass is 10.0. The average molecular weight is 379 g/mol. The Balaban J connectivity index is 1.71. The van der Waals surface area contributed by atoms with Crippen molar-refractivity contribution in [3.63, 3.8) is 0 Å². The Morgan fingerprint density at radius 1 is 1.43 bits per heavy atom. The van der Waals surface area contributed by atoms with Crippen LogP contribution in [0.4, 0.5) is 5.82 Å². The third kappa shape index (κ3) is 3.00. The Hall–Kier alpha value is -3.31. The van der Waals surface area contributed by atoms with Crippen LogP contribution in [0, 0.1) is 11.8 Å². The number of likely N-dealkylation sites (N-methyl/N-ethyl adjacent to an activating group) is 1. The number of carbonyl (C=O) groups is 2. The third-order valence-electron chi connectivity index (χ3n) is 5.13. The predicted octanol–water partition coefficient (Wildman–Crippen LogP) is 0.274. The summed E-state index contributed by atoms with van der Waals surface area (Å²) in [4.78, 5) is 25.3. The van der Waals surface area contributed by atoms with Gasteiger partial charge in [0, 0.05) is 37.7 Å². The average Bonchev–Trinajstić information content (AvgIpc) is 3.21. The monoisotopic (exact) mass is 379 g/mol. The normalized spacial score (nSPS) is 20.9. The Bertz CT molecular complexity index is 1030. The van der Waals surface area contributed by atoms with Crippen molar-refractivity contribution >= 4 is 17.6 Å². The van der Waals surface area contributed by atoms with Crippen LogP contribution in [0.15, 0.2) is 24.3 Å². The van der Waals surface area contributed by atoms with Gasteiger partial charge in [-0.15, -0.1) is 0 Å². The van der Waals surface area contributed by atoms with Crippen LogP contribution in [0.2, 0.25) is 0 Å². The molecule has 8 nitrogen and oxygen atoms in total. The van der Waals surface area contributed by atoms with Crippen molar-refractivity contribution in [1.29, 1.82) is 0 Å². The molecule has 1 aromatic heterocycles. The van der Waals surface area contributed by atoms with E-state index in [1.165, 1.54) is 4.90 Å². The van der Waals surface area contributed by atoms with E-state index in [9.17, 15) is 14.7 Å². The summed E-state index contributed by atoms with van der Waals surface area (Å²) in [6.07, 6.45) is 1.93. The van der Waals surface area contributed by atoms with Crippen LogP contribution in [0.1, 0.15) is 34.5 Å². The highest BCUT2D eigenvalue weighted by Gasteiger charge is 2.42. The number of likely N-dealkylation sites (tertiary alicyclic amines) is 1. The van der Waals surface area contributed by atoms with E-state index in [-0.39, 0.29) is 18.0 Å². The number of carbonyl (C=O) groups excluding carboxylic acids is 2. The number of hydrogen-bond donors (Lipinski definition) is 3. The minimum atomic E-state index is -1.64. The Morgan fingerprint density at radius 3 is 2.96 bits per heavy atom. The number of hydrogen-bond acceptors (Lipinski definition) is 5. The molecule has 8 heteroatoms. The van der Waals surface area contributed by atoms with E-state index in [0.29, 0.717) is 17.8 Å². The second kappa shape index (κ2) is 6.69. The number of amides is 2. The molecule has 1 saturated heterocycles. The smallest absolute Gasteiger partial charge is 0.269 e. The maximum absolute atomic E-state index is 12.1. The van der Waals surface area contributed by atoms with E-state index in [4.69, 9.17) is 5.73 Å². The van der Waals surface area contributed by atoms with Gasteiger partial charge in [0.25, 0.3) is 11.8 Å². The van der Waals surface area contributed by atoms with Gasteiger partial charge in [-0.05, 0) is 31.0 Å². The summed E-state index contributed by atoms with van der Waals surface area (Å²) in [6.45, 7) is 1.27. The summed E-state index contributed by atoms with van der Waals surface area (Å²) in [5.74, 6) is 5.43. The standard InChI is InChI=1S/C20H21N5O3/c1-24-11-9-20(28,19(24)27)8-7-13-4-2-5-14(12-13)25-18-15(6-3-10-22-18)16(23-25)17(21)26/h2,4-5,12,22,28H,3,6,9-11H2,1H3,(H2,21,26). The molecule has 144 valence electrons. The maximum atomic E-state index is 12.1. The van der Waals surface area contributed by atoms with Crippen molar-refractivity contribution in [2.45, 2.75) is 24.9 Å². The van der Waals surface area contributed by atoms with E-state index in [2.05, 4.69) is 22.3 Å². The summed E-state index contributed by atoms with van der Waals surface area (Å²) in [5.41, 5.74) is 6.29. The van der Waals surface area contributed by atoms with E-state index < -0.39 is 11.5 Å². The van der Waals surface area contributed by atoms with Gasteiger partial charge in [0.2, 0.25) is 5.60 Å². The summed E-state index contributed by atoms with van der Waals surface area (Å²) in [5, 5.41) is 18.1. The van der Waals surface area contributed by atoms with Gasteiger partial charge in [0.05, 0.1) is 5.69 Å². The quantitative estimate of drug-likeness (QED) is 0.649. The van der Waals surface area contributed by atoms with Gasteiger partial charge in [0.15, 0.2) is 5.69 Å². The molecule has 0 spiro atoms. The molecule has 2 aliphatic heterocycles. The molecule has 0 aliphatic carbocycles. The molecule has 1 aromatic carbocycles. The highest BCUT2D eigenvalue weighted by atomic mass is 16.3. The number of benzene rings is 1. The first-order valence-electron chi connectivity index (χ1n) is 9.16. The molecule has 4 rings (SSSR count). The van der Waals surface area contributed by atoms with Crippen molar-refractivity contribution < 1.29 is 14.7 Å². The molecule has 3 heterocycles. The van der Waals surface area contributed by atoms with Gasteiger partial charge >= 0.3 is 0 Å². The van der Waals surface area contributed by atoms with Crippen molar-refractivity contribution in [3.05, 3.63) is 41.1 Å². The van der Waals surface area contributed by atoms with E-state index in [1.54, 1.807) is 23.9 Å². The van der Waals surface area contributed by atoms with Crippen molar-refractivity contribution in [3.8, 4) is 17.5 Å². The number of fused-ring (bicyclic) bond motifs is 1. The molecule has 2 amide bonds. The lowest BCUT2D eigenvalue weighted by Gasteiger charge is -2.16. The van der Waals surface area contributed by atoms with Crippen molar-refractivity contribution in [2.75, 3.05) is 25.5 Å². The predicted molar refractivity (Wildman–Crippen MR) is 103 cm³/mol. The number of aliphatic hydroxyl groups is 1. The summed E-state index contributed by atoms with van der Waals surface area (Å²) in [7, 11) is 1.65. The number of primary amides is 1. The Labute approximate surface area is 162 Å². The van der Waals surface area contributed by atoms with Crippen LogP contribution in [0.3, 0.4) is 0 Å². The van der Waals surface area contributed by atoms with E-state index in [0.717, 1.165) is 30.8 Å². The number of nitrogens with zero attached hydrogens (tertiary/aromatic N) is 3. The molecule has 4 N–H and O–H groups in total. The topological polar surface area (TPSA) is 113 Å². The summed E-state index contributed by atoms with van der Waals surface area (Å²) < 4.78 is 1.66. The zero-order chi connectivity index (χ0) is 19.9. The third-order valence-corrected chi connectivity index (χ3v) is 5.13. The lowest BCUT2D eigenvalue weighted by Crippen LogP contribution is -2.37. The van der Waals surface area contributed by atoms with Gasteiger partial charge < -0.3 is 21.1 Å². The number of aromatic nitrogens is 2. The lowest BCUT2D eigenvalue weighted by molar-refractivity contribution is -0.137. The molecule has 2 aromatic rings. The SMILES string of the molecule is CN1CCC(O)(C#Cc2cccc(-n3nc(C(N)=O)c4c3NCCC4)c2)C1=O. The van der Waals surface area contributed by atoms with Crippen LogP contribution >= 0.6 is 0 Å². The van der Waals surface area contributed by atoms with Gasteiger partial charge in [-0.3, -0.25) is 9.59 Å². The highest BCUT2D eigenvalue weighted by Crippen LogP contribution is 2.28. The molecule has 2 aliphatic rings. The first kappa shape index (κ1) is 18.1. The Morgan fingerprint density at radius 2 is 2.25 bits per heavy atom. The fraction of sp³-hybridized carbons (Fsp3) is 0.350. The fourth-order valence-electron chi connectivity index (χ4n) is 3.59.